The minimum atomic E-state index is -0.638. The van der Waals surface area contributed by atoms with E-state index in [1.165, 1.54) is 0 Å². The summed E-state index contributed by atoms with van der Waals surface area (Å²) in [6.07, 6.45) is 0.209. The highest BCUT2D eigenvalue weighted by Crippen LogP contribution is 2.26. The van der Waals surface area contributed by atoms with Crippen molar-refractivity contribution in [1.29, 1.82) is 0 Å². The van der Waals surface area contributed by atoms with Crippen LogP contribution in [-0.4, -0.2) is 31.6 Å². The Morgan fingerprint density at radius 2 is 1.73 bits per heavy atom. The molecule has 0 radical (unpaired) electrons. The second-order valence-corrected chi connectivity index (χ2v) is 7.93. The predicted octanol–water partition coefficient (Wildman–Crippen LogP) is 3.50. The normalized spacial score (nSPS) is 12.6. The van der Waals surface area contributed by atoms with Gasteiger partial charge in [-0.25, -0.2) is 0 Å². The Balaban J connectivity index is 1.73. The van der Waals surface area contributed by atoms with Gasteiger partial charge >= 0.3 is 0 Å². The van der Waals surface area contributed by atoms with Crippen LogP contribution in [0.4, 0.5) is 5.69 Å². The molecule has 30 heavy (non-hydrogen) atoms. The number of hydrogen-bond donors (Lipinski definition) is 1. The Morgan fingerprint density at radius 3 is 2.50 bits per heavy atom. The molecule has 5 heteroatoms. The molecule has 0 spiro atoms. The fourth-order valence-electron chi connectivity index (χ4n) is 3.29. The van der Waals surface area contributed by atoms with Crippen molar-refractivity contribution in [3.05, 3.63) is 65.2 Å². The highest BCUT2D eigenvalue weighted by molar-refractivity contribution is 5.95. The molecule has 0 aliphatic carbocycles. The number of anilines is 1. The van der Waals surface area contributed by atoms with Crippen molar-refractivity contribution >= 4 is 17.5 Å². The van der Waals surface area contributed by atoms with Crippen molar-refractivity contribution in [3.8, 4) is 11.8 Å². The number of ether oxygens (including phenoxy) is 1. The van der Waals surface area contributed by atoms with Crippen molar-refractivity contribution in [1.82, 2.24) is 5.32 Å². The minimum Gasteiger partial charge on any atom is -0.381 e. The van der Waals surface area contributed by atoms with Gasteiger partial charge in [-0.3, -0.25) is 9.59 Å². The van der Waals surface area contributed by atoms with E-state index in [2.05, 4.69) is 17.2 Å². The molecule has 0 unspecified atom stereocenters. The molecule has 1 heterocycles. The van der Waals surface area contributed by atoms with Crippen LogP contribution in [0.15, 0.2) is 48.5 Å². The Bertz CT molecular complexity index is 985. The van der Waals surface area contributed by atoms with Gasteiger partial charge in [-0.15, -0.1) is 0 Å². The first-order valence-electron chi connectivity index (χ1n) is 10.3. The van der Waals surface area contributed by atoms with Crippen molar-refractivity contribution < 1.29 is 14.3 Å². The molecule has 2 amide bonds. The van der Waals surface area contributed by atoms with Crippen LogP contribution in [0.3, 0.4) is 0 Å². The summed E-state index contributed by atoms with van der Waals surface area (Å²) in [5, 5.41) is 2.88. The molecule has 0 fully saturated rings. The number of carbonyl (C=O) groups is 2. The van der Waals surface area contributed by atoms with Crippen molar-refractivity contribution in [2.45, 2.75) is 33.7 Å². The van der Waals surface area contributed by atoms with Gasteiger partial charge < -0.3 is 15.0 Å². The van der Waals surface area contributed by atoms with E-state index in [1.807, 2.05) is 69.3 Å². The van der Waals surface area contributed by atoms with Gasteiger partial charge in [0, 0.05) is 30.7 Å². The standard InChI is InChI=1S/C25H28N2O3/c1-4-30-18-25(2,3)24(29)26-16-15-23(28)27-17-21-11-6-5-9-19(21)13-14-20-10-7-8-12-22(20)27/h5-12H,4,15-18H2,1-3H3,(H,26,29). The third-order valence-corrected chi connectivity index (χ3v) is 5.08. The Morgan fingerprint density at radius 1 is 1.07 bits per heavy atom. The second kappa shape index (κ2) is 9.60. The van der Waals surface area contributed by atoms with E-state index in [0.717, 1.165) is 22.4 Å². The smallest absolute Gasteiger partial charge is 0.229 e. The van der Waals surface area contributed by atoms with E-state index in [-0.39, 0.29) is 24.8 Å². The third-order valence-electron chi connectivity index (χ3n) is 5.08. The molecule has 0 bridgehead atoms. The summed E-state index contributed by atoms with van der Waals surface area (Å²) in [6, 6.07) is 15.5. The van der Waals surface area contributed by atoms with Crippen LogP contribution in [0, 0.1) is 17.3 Å². The van der Waals surface area contributed by atoms with Crippen molar-refractivity contribution in [2.24, 2.45) is 5.41 Å². The fraction of sp³-hybridized carbons (Fsp3) is 0.360. The number of amides is 2. The minimum absolute atomic E-state index is 0.0520. The lowest BCUT2D eigenvalue weighted by Crippen LogP contribution is -2.42. The van der Waals surface area contributed by atoms with Gasteiger partial charge in [-0.1, -0.05) is 42.2 Å². The number of benzene rings is 2. The van der Waals surface area contributed by atoms with Gasteiger partial charge in [0.05, 0.1) is 24.3 Å². The van der Waals surface area contributed by atoms with Crippen LogP contribution in [0.2, 0.25) is 0 Å². The van der Waals surface area contributed by atoms with E-state index in [9.17, 15) is 9.59 Å². The first kappa shape index (κ1) is 21.6. The van der Waals surface area contributed by atoms with E-state index < -0.39 is 5.41 Å². The summed E-state index contributed by atoms with van der Waals surface area (Å²) >= 11 is 0. The molecule has 1 aliphatic rings. The van der Waals surface area contributed by atoms with E-state index >= 15 is 0 Å². The number of carbonyl (C=O) groups excluding carboxylic acids is 2. The molecule has 0 saturated heterocycles. The third kappa shape index (κ3) is 5.08. The highest BCUT2D eigenvalue weighted by Gasteiger charge is 2.28. The maximum absolute atomic E-state index is 13.1. The number of rotatable bonds is 7. The van der Waals surface area contributed by atoms with E-state index in [4.69, 9.17) is 4.74 Å². The lowest BCUT2D eigenvalue weighted by molar-refractivity contribution is -0.132. The van der Waals surface area contributed by atoms with E-state index in [1.54, 1.807) is 4.90 Å². The molecular formula is C25H28N2O3. The molecule has 5 nitrogen and oxygen atoms in total. The summed E-state index contributed by atoms with van der Waals surface area (Å²) < 4.78 is 5.39. The number of nitrogens with one attached hydrogen (secondary N) is 1. The van der Waals surface area contributed by atoms with Crippen molar-refractivity contribution in [3.63, 3.8) is 0 Å². The number of fused-ring (bicyclic) bond motifs is 2. The molecular weight excluding hydrogens is 376 g/mol. The summed E-state index contributed by atoms with van der Waals surface area (Å²) in [5.74, 6) is 6.24. The van der Waals surface area contributed by atoms with Gasteiger partial charge in [-0.2, -0.15) is 0 Å². The molecule has 0 atom stereocenters. The molecule has 156 valence electrons. The lowest BCUT2D eigenvalue weighted by Gasteiger charge is -2.27. The molecule has 2 aromatic rings. The zero-order valence-corrected chi connectivity index (χ0v) is 17.8. The summed E-state index contributed by atoms with van der Waals surface area (Å²) in [6.45, 7) is 7.21. The summed E-state index contributed by atoms with van der Waals surface area (Å²) in [7, 11) is 0. The average Bonchev–Trinajstić information content (AvgIpc) is 2.73. The zero-order valence-electron chi connectivity index (χ0n) is 17.8. The summed E-state index contributed by atoms with van der Waals surface area (Å²) in [5.41, 5.74) is 2.92. The van der Waals surface area contributed by atoms with E-state index in [0.29, 0.717) is 19.8 Å². The maximum atomic E-state index is 13.1. The number of para-hydroxylation sites is 1. The molecule has 1 N–H and O–H groups in total. The van der Waals surface area contributed by atoms with Gasteiger partial charge in [0.1, 0.15) is 0 Å². The molecule has 1 aliphatic heterocycles. The monoisotopic (exact) mass is 404 g/mol. The first-order chi connectivity index (χ1) is 14.4. The Labute approximate surface area is 178 Å². The number of nitrogens with zero attached hydrogens (tertiary/aromatic N) is 1. The predicted molar refractivity (Wildman–Crippen MR) is 118 cm³/mol. The zero-order chi connectivity index (χ0) is 21.6. The van der Waals surface area contributed by atoms with Gasteiger partial charge in [-0.05, 0) is 44.5 Å². The average molecular weight is 405 g/mol. The first-order valence-corrected chi connectivity index (χ1v) is 10.3. The van der Waals surface area contributed by atoms with Gasteiger partial charge in [0.2, 0.25) is 11.8 Å². The largest absolute Gasteiger partial charge is 0.381 e. The van der Waals surface area contributed by atoms with Gasteiger partial charge in [0.15, 0.2) is 0 Å². The van der Waals surface area contributed by atoms with Crippen LogP contribution in [-0.2, 0) is 20.9 Å². The summed E-state index contributed by atoms with van der Waals surface area (Å²) in [4.78, 5) is 27.4. The van der Waals surface area contributed by atoms with Crippen LogP contribution in [0.25, 0.3) is 0 Å². The Hall–Kier alpha value is -3.10. The second-order valence-electron chi connectivity index (χ2n) is 7.93. The molecule has 3 rings (SSSR count). The van der Waals surface area contributed by atoms with Gasteiger partial charge in [0.25, 0.3) is 0 Å². The lowest BCUT2D eigenvalue weighted by atomic mass is 9.93. The SMILES string of the molecule is CCOCC(C)(C)C(=O)NCCC(=O)N1Cc2ccccc2C#Cc2ccccc21. The van der Waals surface area contributed by atoms with Crippen LogP contribution >= 0.6 is 0 Å². The fourth-order valence-corrected chi connectivity index (χ4v) is 3.29. The highest BCUT2D eigenvalue weighted by atomic mass is 16.5. The van der Waals surface area contributed by atoms with Crippen molar-refractivity contribution in [2.75, 3.05) is 24.7 Å². The quantitative estimate of drug-likeness (QED) is 0.719. The molecule has 0 aromatic heterocycles. The topological polar surface area (TPSA) is 58.6 Å². The Kier molecular flexibility index (Phi) is 6.91. The molecule has 0 saturated carbocycles. The number of hydrogen-bond acceptors (Lipinski definition) is 3. The maximum Gasteiger partial charge on any atom is 0.229 e. The van der Waals surface area contributed by atoms with Crippen LogP contribution in [0.5, 0.6) is 0 Å². The molecule has 2 aromatic carbocycles. The van der Waals surface area contributed by atoms with Crippen LogP contribution in [0.1, 0.15) is 43.9 Å². The van der Waals surface area contributed by atoms with Crippen LogP contribution < -0.4 is 10.2 Å².